The minimum atomic E-state index is -0.103. The van der Waals surface area contributed by atoms with E-state index in [4.69, 9.17) is 11.5 Å². The van der Waals surface area contributed by atoms with Crippen LogP contribution < -0.4 is 11.5 Å². The maximum absolute atomic E-state index is 5.66. The molecule has 0 radical (unpaired) electrons. The summed E-state index contributed by atoms with van der Waals surface area (Å²) in [7, 11) is 0. The van der Waals surface area contributed by atoms with Crippen LogP contribution in [0.4, 0.5) is 0 Å². The summed E-state index contributed by atoms with van der Waals surface area (Å²) in [5.41, 5.74) is 11.1. The molecule has 50 valence electrons. The van der Waals surface area contributed by atoms with E-state index < -0.39 is 0 Å². The van der Waals surface area contributed by atoms with E-state index in [-0.39, 0.29) is 11.6 Å². The average molecular weight is 116 g/mol. The van der Waals surface area contributed by atoms with Crippen molar-refractivity contribution in [1.29, 1.82) is 0 Å². The lowest BCUT2D eigenvalue weighted by Crippen LogP contribution is -2.38. The summed E-state index contributed by atoms with van der Waals surface area (Å²) < 4.78 is 0. The summed E-state index contributed by atoms with van der Waals surface area (Å²) in [5, 5.41) is 0. The van der Waals surface area contributed by atoms with Crippen molar-refractivity contribution in [2.45, 2.75) is 38.8 Å². The molecule has 0 aliphatic carbocycles. The standard InChI is InChI=1S/C6H16N2/c1-5(7)4-6(2,3)8/h5H,4,7-8H2,1-3H3/t5-/m0/s1. The topological polar surface area (TPSA) is 52.0 Å². The second-order valence-electron chi connectivity index (χ2n) is 3.17. The van der Waals surface area contributed by atoms with Crippen molar-refractivity contribution in [2.75, 3.05) is 0 Å². The van der Waals surface area contributed by atoms with E-state index in [1.54, 1.807) is 0 Å². The fourth-order valence-corrected chi connectivity index (χ4v) is 0.830. The van der Waals surface area contributed by atoms with Gasteiger partial charge in [0.15, 0.2) is 0 Å². The second-order valence-corrected chi connectivity index (χ2v) is 3.17. The third-order valence-corrected chi connectivity index (χ3v) is 0.848. The second kappa shape index (κ2) is 2.46. The highest BCUT2D eigenvalue weighted by molar-refractivity contribution is 4.75. The quantitative estimate of drug-likeness (QED) is 0.550. The molecule has 0 spiro atoms. The molecule has 0 saturated heterocycles. The van der Waals surface area contributed by atoms with Gasteiger partial charge in [-0.25, -0.2) is 0 Å². The minimum Gasteiger partial charge on any atom is -0.328 e. The molecule has 0 amide bonds. The number of hydrogen-bond donors (Lipinski definition) is 2. The Morgan fingerprint density at radius 1 is 1.50 bits per heavy atom. The van der Waals surface area contributed by atoms with E-state index in [0.717, 1.165) is 6.42 Å². The van der Waals surface area contributed by atoms with Crippen LogP contribution in [-0.4, -0.2) is 11.6 Å². The SMILES string of the molecule is C[C@H](N)CC(C)(C)N. The molecule has 0 fully saturated rings. The normalized spacial score (nSPS) is 16.1. The molecule has 8 heavy (non-hydrogen) atoms. The number of nitrogens with two attached hydrogens (primary N) is 2. The molecule has 0 rings (SSSR count). The molecule has 2 heteroatoms. The molecule has 4 N–H and O–H groups in total. The van der Waals surface area contributed by atoms with Crippen molar-refractivity contribution in [3.8, 4) is 0 Å². The summed E-state index contributed by atoms with van der Waals surface area (Å²) in [6.45, 7) is 5.93. The van der Waals surface area contributed by atoms with Gasteiger partial charge >= 0.3 is 0 Å². The van der Waals surface area contributed by atoms with Crippen molar-refractivity contribution in [3.63, 3.8) is 0 Å². The first-order chi connectivity index (χ1) is 3.42. The summed E-state index contributed by atoms with van der Waals surface area (Å²) in [6, 6.07) is 0.218. The zero-order chi connectivity index (χ0) is 6.78. The zero-order valence-corrected chi connectivity index (χ0v) is 5.94. The summed E-state index contributed by atoms with van der Waals surface area (Å²) in [4.78, 5) is 0. The lowest BCUT2D eigenvalue weighted by atomic mass is 9.98. The van der Waals surface area contributed by atoms with Gasteiger partial charge in [-0.15, -0.1) is 0 Å². The largest absolute Gasteiger partial charge is 0.328 e. The fraction of sp³-hybridized carbons (Fsp3) is 1.00. The Bertz CT molecular complexity index is 61.4. The average Bonchev–Trinajstić information content (AvgIpc) is 1.21. The predicted molar refractivity (Wildman–Crippen MR) is 36.5 cm³/mol. The Balaban J connectivity index is 3.39. The first kappa shape index (κ1) is 7.92. The Morgan fingerprint density at radius 3 is 1.88 bits per heavy atom. The Morgan fingerprint density at radius 2 is 1.88 bits per heavy atom. The number of rotatable bonds is 2. The smallest absolute Gasteiger partial charge is 0.0112 e. The molecule has 0 aromatic heterocycles. The van der Waals surface area contributed by atoms with Crippen LogP contribution in [0.3, 0.4) is 0 Å². The maximum Gasteiger partial charge on any atom is 0.0112 e. The van der Waals surface area contributed by atoms with Gasteiger partial charge in [0.05, 0.1) is 0 Å². The van der Waals surface area contributed by atoms with E-state index in [1.165, 1.54) is 0 Å². The first-order valence-electron chi connectivity index (χ1n) is 2.96. The molecule has 0 bridgehead atoms. The molecule has 0 aliphatic rings. The fourth-order valence-electron chi connectivity index (χ4n) is 0.830. The lowest BCUT2D eigenvalue weighted by Gasteiger charge is -2.20. The van der Waals surface area contributed by atoms with Crippen molar-refractivity contribution in [1.82, 2.24) is 0 Å². The van der Waals surface area contributed by atoms with Crippen LogP contribution in [0.2, 0.25) is 0 Å². The highest BCUT2D eigenvalue weighted by atomic mass is 14.7. The van der Waals surface area contributed by atoms with E-state index in [1.807, 2.05) is 20.8 Å². The van der Waals surface area contributed by atoms with Crippen LogP contribution in [0.5, 0.6) is 0 Å². The molecule has 0 aliphatic heterocycles. The molecule has 0 saturated carbocycles. The van der Waals surface area contributed by atoms with E-state index in [0.29, 0.717) is 0 Å². The van der Waals surface area contributed by atoms with Crippen LogP contribution in [0.25, 0.3) is 0 Å². The van der Waals surface area contributed by atoms with Crippen LogP contribution in [0.15, 0.2) is 0 Å². The van der Waals surface area contributed by atoms with Gasteiger partial charge in [0.25, 0.3) is 0 Å². The summed E-state index contributed by atoms with van der Waals surface area (Å²) in [6.07, 6.45) is 0.882. The highest BCUT2D eigenvalue weighted by Crippen LogP contribution is 2.04. The first-order valence-corrected chi connectivity index (χ1v) is 2.96. The van der Waals surface area contributed by atoms with E-state index in [9.17, 15) is 0 Å². The molecule has 0 aromatic carbocycles. The lowest BCUT2D eigenvalue weighted by molar-refractivity contribution is 0.436. The monoisotopic (exact) mass is 116 g/mol. The Labute approximate surface area is 51.2 Å². The van der Waals surface area contributed by atoms with Gasteiger partial charge in [-0.1, -0.05) is 0 Å². The molecule has 1 atom stereocenters. The van der Waals surface area contributed by atoms with Crippen molar-refractivity contribution in [3.05, 3.63) is 0 Å². The third-order valence-electron chi connectivity index (χ3n) is 0.848. The van der Waals surface area contributed by atoms with Crippen LogP contribution in [-0.2, 0) is 0 Å². The Hall–Kier alpha value is -0.0800. The highest BCUT2D eigenvalue weighted by Gasteiger charge is 2.11. The molecule has 0 unspecified atom stereocenters. The van der Waals surface area contributed by atoms with Crippen molar-refractivity contribution in [2.24, 2.45) is 11.5 Å². The van der Waals surface area contributed by atoms with E-state index in [2.05, 4.69) is 0 Å². The molecular formula is C6H16N2. The zero-order valence-electron chi connectivity index (χ0n) is 5.94. The van der Waals surface area contributed by atoms with Gasteiger partial charge in [0, 0.05) is 11.6 Å². The van der Waals surface area contributed by atoms with Crippen LogP contribution >= 0.6 is 0 Å². The third kappa shape index (κ3) is 5.92. The molecule has 2 nitrogen and oxygen atoms in total. The number of hydrogen-bond acceptors (Lipinski definition) is 2. The van der Waals surface area contributed by atoms with Crippen molar-refractivity contribution < 1.29 is 0 Å². The summed E-state index contributed by atoms with van der Waals surface area (Å²) in [5.74, 6) is 0. The Kier molecular flexibility index (Phi) is 2.44. The van der Waals surface area contributed by atoms with Gasteiger partial charge in [-0.2, -0.15) is 0 Å². The van der Waals surface area contributed by atoms with Gasteiger partial charge in [-0.05, 0) is 27.2 Å². The van der Waals surface area contributed by atoms with Gasteiger partial charge in [0.1, 0.15) is 0 Å². The predicted octanol–water partition coefficient (Wildman–Crippen LogP) is 0.461. The minimum absolute atomic E-state index is 0.103. The molecule has 0 heterocycles. The van der Waals surface area contributed by atoms with Crippen LogP contribution in [0.1, 0.15) is 27.2 Å². The van der Waals surface area contributed by atoms with Crippen LogP contribution in [0, 0.1) is 0 Å². The van der Waals surface area contributed by atoms with E-state index >= 15 is 0 Å². The maximum atomic E-state index is 5.66. The molecule has 0 aromatic rings. The summed E-state index contributed by atoms with van der Waals surface area (Å²) >= 11 is 0. The molecular weight excluding hydrogens is 100 g/mol. The van der Waals surface area contributed by atoms with Gasteiger partial charge < -0.3 is 11.5 Å². The van der Waals surface area contributed by atoms with Gasteiger partial charge in [0.2, 0.25) is 0 Å². The van der Waals surface area contributed by atoms with Crippen molar-refractivity contribution >= 4 is 0 Å². The van der Waals surface area contributed by atoms with Gasteiger partial charge in [-0.3, -0.25) is 0 Å².